The van der Waals surface area contributed by atoms with Crippen molar-refractivity contribution in [2.75, 3.05) is 16.8 Å². The lowest BCUT2D eigenvalue weighted by Gasteiger charge is -2.40. The van der Waals surface area contributed by atoms with Gasteiger partial charge >= 0.3 is 12.1 Å². The number of anilines is 2. The van der Waals surface area contributed by atoms with E-state index in [1.807, 2.05) is 54.3 Å². The van der Waals surface area contributed by atoms with E-state index in [4.69, 9.17) is 21.4 Å². The van der Waals surface area contributed by atoms with Crippen LogP contribution in [-0.2, 0) is 9.59 Å². The number of nitrogens with zero attached hydrogens (tertiary/aromatic N) is 1. The smallest absolute Gasteiger partial charge is 0.475 e. The Balaban J connectivity index is 0.000000540. The van der Waals surface area contributed by atoms with Gasteiger partial charge in [-0.3, -0.25) is 4.79 Å². The molecule has 6 N–H and O–H groups in total. The van der Waals surface area contributed by atoms with E-state index in [-0.39, 0.29) is 24.0 Å². The second-order valence-corrected chi connectivity index (χ2v) is 7.89. The minimum atomic E-state index is -5.08. The largest absolute Gasteiger partial charge is 0.490 e. The summed E-state index contributed by atoms with van der Waals surface area (Å²) in [4.78, 5) is 23.3. The van der Waals surface area contributed by atoms with Crippen molar-refractivity contribution in [2.45, 2.75) is 51.0 Å². The summed E-state index contributed by atoms with van der Waals surface area (Å²) >= 11 is 0. The van der Waals surface area contributed by atoms with Gasteiger partial charge in [-0.05, 0) is 42.7 Å². The predicted molar refractivity (Wildman–Crippen MR) is 129 cm³/mol. The zero-order valence-corrected chi connectivity index (χ0v) is 19.5. The molecule has 1 aliphatic heterocycles. The van der Waals surface area contributed by atoms with Crippen LogP contribution in [-0.4, -0.2) is 35.7 Å². The SMILES string of the molecule is CCC(=O)N1c2ccccc2[C@H](Nc2ccc(C(N)C#CCN)cc2)C[C@@H]1C.O=C(O)C(F)(F)F. The lowest BCUT2D eigenvalue weighted by Crippen LogP contribution is -2.44. The average molecular weight is 491 g/mol. The molecule has 1 aliphatic rings. The normalized spacial score (nSPS) is 17.6. The Labute approximate surface area is 202 Å². The Bertz CT molecular complexity index is 1080. The lowest BCUT2D eigenvalue weighted by molar-refractivity contribution is -0.192. The van der Waals surface area contributed by atoms with Crippen LogP contribution in [0, 0.1) is 11.8 Å². The van der Waals surface area contributed by atoms with Gasteiger partial charge in [-0.15, -0.1) is 0 Å². The number of nitrogens with one attached hydrogen (secondary N) is 1. The van der Waals surface area contributed by atoms with Crippen LogP contribution in [0.25, 0.3) is 0 Å². The van der Waals surface area contributed by atoms with Crippen molar-refractivity contribution in [3.05, 3.63) is 59.7 Å². The molecule has 0 saturated carbocycles. The molecular weight excluding hydrogens is 461 g/mol. The van der Waals surface area contributed by atoms with Gasteiger partial charge in [-0.2, -0.15) is 13.2 Å². The third kappa shape index (κ3) is 7.47. The number of halogens is 3. The minimum Gasteiger partial charge on any atom is -0.475 e. The number of carbonyl (C=O) groups excluding carboxylic acids is 1. The number of benzene rings is 2. The van der Waals surface area contributed by atoms with E-state index < -0.39 is 12.1 Å². The second kappa shape index (κ2) is 12.2. The van der Waals surface area contributed by atoms with Crippen molar-refractivity contribution >= 4 is 23.3 Å². The van der Waals surface area contributed by atoms with Crippen LogP contribution >= 0.6 is 0 Å². The van der Waals surface area contributed by atoms with Crippen LogP contribution in [0.3, 0.4) is 0 Å². The molecule has 1 unspecified atom stereocenters. The summed E-state index contributed by atoms with van der Waals surface area (Å²) in [6.45, 7) is 4.33. The van der Waals surface area contributed by atoms with Crippen LogP contribution in [0.2, 0.25) is 0 Å². The highest BCUT2D eigenvalue weighted by molar-refractivity contribution is 5.95. The Morgan fingerprint density at radius 2 is 1.80 bits per heavy atom. The van der Waals surface area contributed by atoms with E-state index in [9.17, 15) is 18.0 Å². The molecule has 7 nitrogen and oxygen atoms in total. The summed E-state index contributed by atoms with van der Waals surface area (Å²) in [5.74, 6) is 3.16. The quantitative estimate of drug-likeness (QED) is 0.481. The van der Waals surface area contributed by atoms with Crippen LogP contribution in [0.1, 0.15) is 49.9 Å². The maximum Gasteiger partial charge on any atom is 0.490 e. The molecule has 0 saturated heterocycles. The van der Waals surface area contributed by atoms with Crippen molar-refractivity contribution in [3.63, 3.8) is 0 Å². The van der Waals surface area contributed by atoms with Gasteiger partial charge in [0.1, 0.15) is 0 Å². The van der Waals surface area contributed by atoms with Crippen molar-refractivity contribution in [3.8, 4) is 11.8 Å². The first-order valence-electron chi connectivity index (χ1n) is 11.0. The van der Waals surface area contributed by atoms with Crippen LogP contribution in [0.4, 0.5) is 24.5 Å². The molecule has 0 aromatic heterocycles. The fraction of sp³-hybridized carbons (Fsp3) is 0.360. The standard InChI is InChI=1S/C23H28N4O.C2HF3O2/c1-3-23(28)27-16(2)15-21(19-7-4-5-9-22(19)27)26-18-12-10-17(11-13-18)20(25)8-6-14-24;3-2(4,5)1(6)7/h4-5,7,9-13,16,20-21,26H,3,14-15,24-25H2,1-2H3;(H,6,7)/t16-,20?,21+;/m0./s1. The lowest BCUT2D eigenvalue weighted by atomic mass is 9.91. The highest BCUT2D eigenvalue weighted by atomic mass is 19.4. The molecule has 0 radical (unpaired) electrons. The first-order valence-corrected chi connectivity index (χ1v) is 11.0. The van der Waals surface area contributed by atoms with E-state index in [0.717, 1.165) is 28.9 Å². The Morgan fingerprint density at radius 3 is 2.34 bits per heavy atom. The van der Waals surface area contributed by atoms with Crippen LogP contribution in [0.15, 0.2) is 48.5 Å². The van der Waals surface area contributed by atoms with E-state index in [0.29, 0.717) is 13.0 Å². The van der Waals surface area contributed by atoms with E-state index in [1.54, 1.807) is 0 Å². The number of carboxylic acids is 1. The monoisotopic (exact) mass is 490 g/mol. The number of hydrogen-bond donors (Lipinski definition) is 4. The maximum atomic E-state index is 12.5. The Kier molecular flexibility index (Phi) is 9.68. The molecule has 35 heavy (non-hydrogen) atoms. The van der Waals surface area contributed by atoms with E-state index >= 15 is 0 Å². The molecule has 0 fully saturated rings. The third-order valence-corrected chi connectivity index (χ3v) is 5.37. The van der Waals surface area contributed by atoms with Crippen LogP contribution < -0.4 is 21.7 Å². The first kappa shape index (κ1) is 27.7. The Hall–Kier alpha value is -3.55. The third-order valence-electron chi connectivity index (χ3n) is 5.37. The molecule has 0 bridgehead atoms. The fourth-order valence-corrected chi connectivity index (χ4v) is 3.74. The Morgan fingerprint density at radius 1 is 1.20 bits per heavy atom. The minimum absolute atomic E-state index is 0.138. The molecule has 2 aromatic rings. The number of amides is 1. The molecule has 3 rings (SSSR count). The summed E-state index contributed by atoms with van der Waals surface area (Å²) in [6.07, 6.45) is -3.72. The molecule has 10 heteroatoms. The maximum absolute atomic E-state index is 12.5. The average Bonchev–Trinajstić information content (AvgIpc) is 2.82. The summed E-state index contributed by atoms with van der Waals surface area (Å²) in [5, 5.41) is 10.7. The van der Waals surface area contributed by atoms with Crippen molar-refractivity contribution in [2.24, 2.45) is 11.5 Å². The number of nitrogens with two attached hydrogens (primary N) is 2. The summed E-state index contributed by atoms with van der Waals surface area (Å²) in [7, 11) is 0. The van der Waals surface area contributed by atoms with Gasteiger partial charge in [-0.25, -0.2) is 4.79 Å². The number of aliphatic carboxylic acids is 1. The zero-order chi connectivity index (χ0) is 26.2. The molecule has 1 amide bonds. The van der Waals surface area contributed by atoms with Gasteiger partial charge in [0, 0.05) is 23.8 Å². The first-order chi connectivity index (χ1) is 16.5. The molecule has 188 valence electrons. The zero-order valence-electron chi connectivity index (χ0n) is 19.5. The van der Waals surface area contributed by atoms with Crippen molar-refractivity contribution < 1.29 is 27.9 Å². The van der Waals surface area contributed by atoms with Gasteiger partial charge in [-0.1, -0.05) is 49.1 Å². The number of carbonyl (C=O) groups is 2. The summed E-state index contributed by atoms with van der Waals surface area (Å²) in [6, 6.07) is 16.1. The predicted octanol–water partition coefficient (Wildman–Crippen LogP) is 3.97. The van der Waals surface area contributed by atoms with Gasteiger partial charge in [0.2, 0.25) is 5.91 Å². The fourth-order valence-electron chi connectivity index (χ4n) is 3.74. The van der Waals surface area contributed by atoms with Gasteiger partial charge < -0.3 is 26.8 Å². The molecule has 1 heterocycles. The number of fused-ring (bicyclic) bond motifs is 1. The number of alkyl halides is 3. The van der Waals surface area contributed by atoms with Gasteiger partial charge in [0.15, 0.2) is 0 Å². The topological polar surface area (TPSA) is 122 Å². The molecule has 0 spiro atoms. The van der Waals surface area contributed by atoms with Crippen molar-refractivity contribution in [1.29, 1.82) is 0 Å². The molecule has 2 aromatic carbocycles. The van der Waals surface area contributed by atoms with E-state index in [2.05, 4.69) is 30.1 Å². The van der Waals surface area contributed by atoms with Gasteiger partial charge in [0.25, 0.3) is 0 Å². The summed E-state index contributed by atoms with van der Waals surface area (Å²) in [5.41, 5.74) is 15.6. The molecule has 0 aliphatic carbocycles. The number of rotatable bonds is 4. The van der Waals surface area contributed by atoms with Crippen molar-refractivity contribution in [1.82, 2.24) is 0 Å². The molecular formula is C25H29F3N4O3. The van der Waals surface area contributed by atoms with E-state index in [1.165, 1.54) is 0 Å². The number of carboxylic acid groups (broad SMARTS) is 1. The second-order valence-electron chi connectivity index (χ2n) is 7.89. The van der Waals surface area contributed by atoms with Gasteiger partial charge in [0.05, 0.1) is 18.6 Å². The van der Waals surface area contributed by atoms with Crippen LogP contribution in [0.5, 0.6) is 0 Å². The highest BCUT2D eigenvalue weighted by Crippen LogP contribution is 2.39. The highest BCUT2D eigenvalue weighted by Gasteiger charge is 2.38. The number of para-hydroxylation sites is 1. The molecule has 3 atom stereocenters. The summed E-state index contributed by atoms with van der Waals surface area (Å²) < 4.78 is 31.7. The number of hydrogen-bond acceptors (Lipinski definition) is 5.